The van der Waals surface area contributed by atoms with Gasteiger partial charge in [0.15, 0.2) is 0 Å². The maximum absolute atomic E-state index is 12.7. The quantitative estimate of drug-likeness (QED) is 0.467. The zero-order valence-electron chi connectivity index (χ0n) is 18.8. The summed E-state index contributed by atoms with van der Waals surface area (Å²) in [5.74, 6) is -0.503. The van der Waals surface area contributed by atoms with E-state index in [2.05, 4.69) is 0 Å². The molecule has 2 aromatic carbocycles. The molecular weight excluding hydrogens is 452 g/mol. The number of allylic oxidation sites excluding steroid dienone is 2. The van der Waals surface area contributed by atoms with Gasteiger partial charge in [-0.25, -0.2) is 14.6 Å². The van der Waals surface area contributed by atoms with Crippen LogP contribution in [0, 0.1) is 0 Å². The molecule has 1 aliphatic rings. The average molecular weight is 475 g/mol. The highest BCUT2D eigenvalue weighted by Gasteiger charge is 2.27. The number of rotatable bonds is 6. The van der Waals surface area contributed by atoms with Crippen molar-refractivity contribution < 1.29 is 23.8 Å². The largest absolute Gasteiger partial charge is 0.497 e. The number of anilines is 1. The first-order chi connectivity index (χ1) is 16.5. The van der Waals surface area contributed by atoms with Gasteiger partial charge < -0.3 is 19.1 Å². The molecule has 1 aromatic heterocycles. The van der Waals surface area contributed by atoms with Gasteiger partial charge in [0.1, 0.15) is 16.5 Å². The number of hydrogen-bond acceptors (Lipinski definition) is 8. The number of thiazole rings is 1. The molecule has 1 aliphatic heterocycles. The van der Waals surface area contributed by atoms with Gasteiger partial charge in [-0.1, -0.05) is 18.2 Å². The smallest absolute Gasteiger partial charge is 0.355 e. The second-order valence-corrected chi connectivity index (χ2v) is 7.99. The van der Waals surface area contributed by atoms with E-state index in [4.69, 9.17) is 19.2 Å². The molecule has 8 heteroatoms. The highest BCUT2D eigenvalue weighted by atomic mass is 32.1. The maximum atomic E-state index is 12.7. The van der Waals surface area contributed by atoms with Crippen molar-refractivity contribution in [3.63, 3.8) is 0 Å². The molecule has 0 radical (unpaired) electrons. The van der Waals surface area contributed by atoms with E-state index in [1.165, 1.54) is 31.6 Å². The second-order valence-electron chi connectivity index (χ2n) is 7.13. The molecule has 2 heterocycles. The van der Waals surface area contributed by atoms with Crippen molar-refractivity contribution in [1.29, 1.82) is 0 Å². The van der Waals surface area contributed by atoms with Crippen molar-refractivity contribution in [3.8, 4) is 27.6 Å². The number of methoxy groups -OCH3 is 3. The zero-order valence-corrected chi connectivity index (χ0v) is 19.7. The maximum Gasteiger partial charge on any atom is 0.355 e. The standard InChI is InChI=1S/C26H22N2O5S/c1-31-20-12-10-17(11-13-20)22-16-34-24(27-22)18-7-6-8-19(15-18)28-14-5-4-9-21(25(29)32-2)23(28)26(30)33-3/h4-16H,1-3H3. The number of hydrogen-bond donors (Lipinski definition) is 0. The molecule has 34 heavy (non-hydrogen) atoms. The number of esters is 2. The SMILES string of the molecule is COC(=O)C1=C(C(=O)OC)N(c2cccc(-c3nc(-c4ccc(OC)cc4)cs3)c2)C=CC=C1. The molecule has 0 saturated carbocycles. The fourth-order valence-electron chi connectivity index (χ4n) is 3.46. The second kappa shape index (κ2) is 10.2. The van der Waals surface area contributed by atoms with Crippen LogP contribution in [0.15, 0.2) is 89.6 Å². The number of benzene rings is 2. The van der Waals surface area contributed by atoms with E-state index in [9.17, 15) is 9.59 Å². The fraction of sp³-hybridized carbons (Fsp3) is 0.115. The summed E-state index contributed by atoms with van der Waals surface area (Å²) in [7, 11) is 4.17. The Hall–Kier alpha value is -4.17. The lowest BCUT2D eigenvalue weighted by atomic mass is 10.1. The van der Waals surface area contributed by atoms with Gasteiger partial charge in [0.25, 0.3) is 0 Å². The van der Waals surface area contributed by atoms with Gasteiger partial charge in [-0.2, -0.15) is 0 Å². The normalized spacial score (nSPS) is 13.0. The Labute approximate surface area is 201 Å². The van der Waals surface area contributed by atoms with Crippen molar-refractivity contribution >= 4 is 29.0 Å². The molecule has 172 valence electrons. The van der Waals surface area contributed by atoms with E-state index >= 15 is 0 Å². The van der Waals surface area contributed by atoms with Gasteiger partial charge in [-0.05, 0) is 48.6 Å². The minimum absolute atomic E-state index is 0.0644. The molecule has 0 amide bonds. The molecule has 0 N–H and O–H groups in total. The summed E-state index contributed by atoms with van der Waals surface area (Å²) in [5, 5.41) is 2.82. The molecular formula is C26H22N2O5S. The van der Waals surface area contributed by atoms with Crippen molar-refractivity contribution in [2.24, 2.45) is 0 Å². The highest BCUT2D eigenvalue weighted by Crippen LogP contribution is 2.33. The van der Waals surface area contributed by atoms with E-state index in [1.807, 2.05) is 53.9 Å². The summed E-state index contributed by atoms with van der Waals surface area (Å²) in [6.45, 7) is 0. The van der Waals surface area contributed by atoms with Crippen LogP contribution in [-0.2, 0) is 19.1 Å². The molecule has 0 atom stereocenters. The Bertz CT molecular complexity index is 1300. The zero-order chi connectivity index (χ0) is 24.1. The Morgan fingerprint density at radius 3 is 2.38 bits per heavy atom. The minimum Gasteiger partial charge on any atom is -0.497 e. The van der Waals surface area contributed by atoms with Gasteiger partial charge in [0, 0.05) is 28.4 Å². The lowest BCUT2D eigenvalue weighted by Gasteiger charge is -2.23. The van der Waals surface area contributed by atoms with Gasteiger partial charge >= 0.3 is 11.9 Å². The monoisotopic (exact) mass is 474 g/mol. The average Bonchev–Trinajstić information content (AvgIpc) is 3.28. The van der Waals surface area contributed by atoms with Crippen LogP contribution in [0.2, 0.25) is 0 Å². The minimum atomic E-state index is -0.655. The third-order valence-electron chi connectivity index (χ3n) is 5.15. The molecule has 0 spiro atoms. The van der Waals surface area contributed by atoms with Crippen LogP contribution in [0.4, 0.5) is 5.69 Å². The van der Waals surface area contributed by atoms with Gasteiger partial charge in [0.05, 0.1) is 32.6 Å². The predicted octanol–water partition coefficient (Wildman–Crippen LogP) is 4.98. The summed E-state index contributed by atoms with van der Waals surface area (Å²) in [6, 6.07) is 15.3. The third kappa shape index (κ3) is 4.62. The van der Waals surface area contributed by atoms with E-state index in [0.717, 1.165) is 27.6 Å². The van der Waals surface area contributed by atoms with Gasteiger partial charge in [0.2, 0.25) is 0 Å². The van der Waals surface area contributed by atoms with Gasteiger partial charge in [-0.15, -0.1) is 11.3 Å². The van der Waals surface area contributed by atoms with Crippen LogP contribution < -0.4 is 9.64 Å². The van der Waals surface area contributed by atoms with E-state index < -0.39 is 11.9 Å². The molecule has 0 fully saturated rings. The molecule has 0 bridgehead atoms. The topological polar surface area (TPSA) is 78.0 Å². The Morgan fingerprint density at radius 1 is 0.912 bits per heavy atom. The first-order valence-electron chi connectivity index (χ1n) is 10.3. The van der Waals surface area contributed by atoms with E-state index in [-0.39, 0.29) is 11.3 Å². The van der Waals surface area contributed by atoms with Crippen molar-refractivity contribution in [3.05, 3.63) is 89.6 Å². The fourth-order valence-corrected chi connectivity index (χ4v) is 4.28. The van der Waals surface area contributed by atoms with Crippen LogP contribution in [0.1, 0.15) is 0 Å². The number of aromatic nitrogens is 1. The molecule has 3 aromatic rings. The Kier molecular flexibility index (Phi) is 6.89. The number of carbonyl (C=O) groups is 2. The summed E-state index contributed by atoms with van der Waals surface area (Å²) in [4.78, 5) is 31.5. The molecule has 0 saturated heterocycles. The van der Waals surface area contributed by atoms with Crippen LogP contribution >= 0.6 is 11.3 Å². The molecule has 4 rings (SSSR count). The third-order valence-corrected chi connectivity index (χ3v) is 6.04. The number of ether oxygens (including phenoxy) is 3. The van der Waals surface area contributed by atoms with Crippen LogP contribution in [0.3, 0.4) is 0 Å². The van der Waals surface area contributed by atoms with E-state index in [0.29, 0.717) is 5.69 Å². The summed E-state index contributed by atoms with van der Waals surface area (Å²) >= 11 is 1.52. The molecule has 7 nitrogen and oxygen atoms in total. The van der Waals surface area contributed by atoms with Gasteiger partial charge in [-0.3, -0.25) is 0 Å². The predicted molar refractivity (Wildman–Crippen MR) is 131 cm³/mol. The number of nitrogens with zero attached hydrogens (tertiary/aromatic N) is 2. The van der Waals surface area contributed by atoms with Crippen LogP contribution in [-0.4, -0.2) is 38.3 Å². The first kappa shape index (κ1) is 23.0. The Morgan fingerprint density at radius 2 is 1.68 bits per heavy atom. The van der Waals surface area contributed by atoms with Crippen LogP contribution in [0.5, 0.6) is 5.75 Å². The molecule has 0 unspecified atom stereocenters. The lowest BCUT2D eigenvalue weighted by Crippen LogP contribution is -2.26. The van der Waals surface area contributed by atoms with Crippen LogP contribution in [0.25, 0.3) is 21.8 Å². The Balaban J connectivity index is 1.72. The van der Waals surface area contributed by atoms with Crippen molar-refractivity contribution in [2.45, 2.75) is 0 Å². The van der Waals surface area contributed by atoms with Crippen molar-refractivity contribution in [1.82, 2.24) is 4.98 Å². The summed E-state index contributed by atoms with van der Waals surface area (Å²) in [6.07, 6.45) is 6.63. The summed E-state index contributed by atoms with van der Waals surface area (Å²) in [5.41, 5.74) is 3.54. The molecule has 0 aliphatic carbocycles. The van der Waals surface area contributed by atoms with Crippen molar-refractivity contribution in [2.75, 3.05) is 26.2 Å². The van der Waals surface area contributed by atoms with E-state index in [1.54, 1.807) is 30.4 Å². The first-order valence-corrected chi connectivity index (χ1v) is 11.2. The highest BCUT2D eigenvalue weighted by molar-refractivity contribution is 7.13. The summed E-state index contributed by atoms with van der Waals surface area (Å²) < 4.78 is 15.1. The number of carbonyl (C=O) groups excluding carboxylic acids is 2. The lowest BCUT2D eigenvalue weighted by molar-refractivity contribution is -0.139.